The number of halogens is 1. The number of nitrogens with one attached hydrogen (secondary N) is 1. The van der Waals surface area contributed by atoms with Crippen molar-refractivity contribution in [3.05, 3.63) is 94.5 Å². The zero-order valence-corrected chi connectivity index (χ0v) is 17.7. The minimum absolute atomic E-state index is 0.0447. The van der Waals surface area contributed by atoms with Crippen LogP contribution in [0.25, 0.3) is 0 Å². The first-order chi connectivity index (χ1) is 14.1. The summed E-state index contributed by atoms with van der Waals surface area (Å²) in [7, 11) is 0. The monoisotopic (exact) mass is 451 g/mol. The van der Waals surface area contributed by atoms with Crippen LogP contribution >= 0.6 is 15.9 Å². The molecule has 0 spiro atoms. The normalized spacial score (nSPS) is 11.5. The second kappa shape index (κ2) is 10.0. The van der Waals surface area contributed by atoms with Crippen LogP contribution in [0.4, 0.5) is 5.69 Å². The largest absolute Gasteiger partial charge is 0.482 e. The number of anilines is 1. The highest BCUT2D eigenvalue weighted by atomic mass is 79.9. The summed E-state index contributed by atoms with van der Waals surface area (Å²) in [6.45, 7) is 2.02. The number of hydrogen-bond acceptors (Lipinski definition) is 3. The highest BCUT2D eigenvalue weighted by Crippen LogP contribution is 2.22. The molecule has 0 saturated carbocycles. The summed E-state index contributed by atoms with van der Waals surface area (Å²) in [4.78, 5) is 25.2. The smallest absolute Gasteiger partial charge is 0.255 e. The van der Waals surface area contributed by atoms with E-state index in [9.17, 15) is 9.59 Å². The van der Waals surface area contributed by atoms with Crippen molar-refractivity contribution >= 4 is 33.3 Å². The fraction of sp³-hybridized carbons (Fsp3) is 0.167. The molecule has 3 rings (SSSR count). The van der Waals surface area contributed by atoms with Gasteiger partial charge in [0.1, 0.15) is 5.75 Å². The Hall–Kier alpha value is -2.92. The second-order valence-electron chi connectivity index (χ2n) is 6.61. The quantitative estimate of drug-likeness (QED) is 0.418. The molecule has 29 heavy (non-hydrogen) atoms. The van der Waals surface area contributed by atoms with Crippen LogP contribution in [0.1, 0.15) is 40.5 Å². The number of hydrogen-bond donors (Lipinski definition) is 1. The summed E-state index contributed by atoms with van der Waals surface area (Å²) in [5.41, 5.74) is 1.80. The van der Waals surface area contributed by atoms with E-state index in [4.69, 9.17) is 4.74 Å². The molecule has 0 bridgehead atoms. The van der Waals surface area contributed by atoms with Crippen molar-refractivity contribution in [2.45, 2.75) is 25.9 Å². The minimum atomic E-state index is -0.570. The first kappa shape index (κ1) is 20.8. The van der Waals surface area contributed by atoms with Crippen molar-refractivity contribution in [1.82, 2.24) is 0 Å². The Morgan fingerprint density at radius 1 is 0.931 bits per heavy atom. The molecule has 5 heteroatoms. The van der Waals surface area contributed by atoms with Gasteiger partial charge in [-0.3, -0.25) is 9.59 Å². The molecule has 4 nitrogen and oxygen atoms in total. The van der Waals surface area contributed by atoms with E-state index >= 15 is 0 Å². The zero-order valence-electron chi connectivity index (χ0n) is 16.1. The van der Waals surface area contributed by atoms with Crippen LogP contribution in [-0.4, -0.2) is 17.8 Å². The lowest BCUT2D eigenvalue weighted by molar-refractivity contribution is 0.0777. The van der Waals surface area contributed by atoms with E-state index < -0.39 is 6.10 Å². The third-order valence-corrected chi connectivity index (χ3v) is 4.91. The fourth-order valence-electron chi connectivity index (χ4n) is 2.91. The second-order valence-corrected chi connectivity index (χ2v) is 7.53. The predicted octanol–water partition coefficient (Wildman–Crippen LogP) is 6.13. The van der Waals surface area contributed by atoms with Gasteiger partial charge in [-0.25, -0.2) is 0 Å². The van der Waals surface area contributed by atoms with Crippen LogP contribution < -0.4 is 10.1 Å². The molecule has 0 aliphatic carbocycles. The fourth-order valence-corrected chi connectivity index (χ4v) is 3.17. The zero-order chi connectivity index (χ0) is 20.6. The summed E-state index contributed by atoms with van der Waals surface area (Å²) >= 11 is 3.36. The van der Waals surface area contributed by atoms with Gasteiger partial charge >= 0.3 is 0 Å². The molecule has 0 fully saturated rings. The number of carbonyl (C=O) groups is 2. The van der Waals surface area contributed by atoms with Gasteiger partial charge < -0.3 is 10.1 Å². The van der Waals surface area contributed by atoms with Gasteiger partial charge in [0.15, 0.2) is 6.10 Å². The van der Waals surface area contributed by atoms with Crippen LogP contribution in [0.3, 0.4) is 0 Å². The van der Waals surface area contributed by atoms with Crippen LogP contribution in [0.5, 0.6) is 5.75 Å². The van der Waals surface area contributed by atoms with Crippen molar-refractivity contribution in [2.75, 3.05) is 5.32 Å². The molecule has 1 N–H and O–H groups in total. The number of Topliss-reactive ketones (excluding diaryl/α,β-unsaturated/α-hetero) is 1. The van der Waals surface area contributed by atoms with Crippen molar-refractivity contribution in [2.24, 2.45) is 0 Å². The Balaban J connectivity index is 1.72. The number of carbonyl (C=O) groups excluding carboxylic acids is 2. The van der Waals surface area contributed by atoms with Crippen molar-refractivity contribution < 1.29 is 14.3 Å². The summed E-state index contributed by atoms with van der Waals surface area (Å²) in [6, 6.07) is 23.4. The van der Waals surface area contributed by atoms with E-state index in [0.29, 0.717) is 29.0 Å². The maximum Gasteiger partial charge on any atom is 0.255 e. The summed E-state index contributed by atoms with van der Waals surface area (Å²) in [6.07, 6.45) is 0.867. The molecule has 1 atom stereocenters. The lowest BCUT2D eigenvalue weighted by Crippen LogP contribution is -2.27. The standard InChI is InChI=1S/C24H22BrNO3/c1-2-7-22(23(27)17-8-4-3-5-9-17)29-21-11-6-10-20(16-21)26-24(28)18-12-14-19(25)15-13-18/h3-6,8-16,22H,2,7H2,1H3,(H,26,28). The number of rotatable bonds is 8. The molecular weight excluding hydrogens is 430 g/mol. The SMILES string of the molecule is CCCC(Oc1cccc(NC(=O)c2ccc(Br)cc2)c1)C(=O)c1ccccc1. The molecule has 0 aliphatic rings. The Labute approximate surface area is 179 Å². The maximum absolute atomic E-state index is 12.8. The molecule has 0 aliphatic heterocycles. The van der Waals surface area contributed by atoms with Gasteiger partial charge in [-0.15, -0.1) is 0 Å². The maximum atomic E-state index is 12.8. The molecule has 1 unspecified atom stereocenters. The lowest BCUT2D eigenvalue weighted by atomic mass is 10.0. The van der Waals surface area contributed by atoms with Gasteiger partial charge in [-0.2, -0.15) is 0 Å². The van der Waals surface area contributed by atoms with Gasteiger partial charge in [0.2, 0.25) is 5.78 Å². The topological polar surface area (TPSA) is 55.4 Å². The van der Waals surface area contributed by atoms with E-state index in [1.54, 1.807) is 48.5 Å². The van der Waals surface area contributed by atoms with Gasteiger partial charge in [-0.05, 0) is 42.8 Å². The van der Waals surface area contributed by atoms with Crippen molar-refractivity contribution in [1.29, 1.82) is 0 Å². The van der Waals surface area contributed by atoms with E-state index in [2.05, 4.69) is 21.2 Å². The van der Waals surface area contributed by atoms with E-state index in [0.717, 1.165) is 10.9 Å². The minimum Gasteiger partial charge on any atom is -0.482 e. The number of ether oxygens (including phenoxy) is 1. The van der Waals surface area contributed by atoms with Gasteiger partial charge in [-0.1, -0.05) is 65.7 Å². The highest BCUT2D eigenvalue weighted by Gasteiger charge is 2.21. The highest BCUT2D eigenvalue weighted by molar-refractivity contribution is 9.10. The number of amides is 1. The molecule has 148 valence electrons. The Kier molecular flexibility index (Phi) is 7.19. The summed E-state index contributed by atoms with van der Waals surface area (Å²) in [5, 5.41) is 2.87. The van der Waals surface area contributed by atoms with Crippen molar-refractivity contribution in [3.8, 4) is 5.75 Å². The Morgan fingerprint density at radius 3 is 2.34 bits per heavy atom. The van der Waals surface area contributed by atoms with Gasteiger partial charge in [0.25, 0.3) is 5.91 Å². The molecule has 3 aromatic carbocycles. The Bertz CT molecular complexity index is 971. The third kappa shape index (κ3) is 5.78. The first-order valence-electron chi connectivity index (χ1n) is 9.49. The number of benzene rings is 3. The molecule has 1 amide bonds. The van der Waals surface area contributed by atoms with E-state index in [1.807, 2.05) is 37.3 Å². The van der Waals surface area contributed by atoms with Gasteiger partial charge in [0, 0.05) is 27.4 Å². The molecule has 0 aromatic heterocycles. The molecule has 0 heterocycles. The third-order valence-electron chi connectivity index (χ3n) is 4.38. The van der Waals surface area contributed by atoms with Crippen LogP contribution in [0.2, 0.25) is 0 Å². The average Bonchev–Trinajstić information content (AvgIpc) is 2.74. The molecule has 3 aromatic rings. The summed E-state index contributed by atoms with van der Waals surface area (Å²) < 4.78 is 6.92. The first-order valence-corrected chi connectivity index (χ1v) is 10.3. The Morgan fingerprint density at radius 2 is 1.66 bits per heavy atom. The lowest BCUT2D eigenvalue weighted by Gasteiger charge is -2.18. The average molecular weight is 452 g/mol. The number of ketones is 1. The molecule has 0 saturated heterocycles. The van der Waals surface area contributed by atoms with Crippen LogP contribution in [-0.2, 0) is 0 Å². The predicted molar refractivity (Wildman–Crippen MR) is 119 cm³/mol. The van der Waals surface area contributed by atoms with Crippen LogP contribution in [0, 0.1) is 0 Å². The van der Waals surface area contributed by atoms with Crippen molar-refractivity contribution in [3.63, 3.8) is 0 Å². The molecule has 0 radical (unpaired) electrons. The van der Waals surface area contributed by atoms with E-state index in [-0.39, 0.29) is 11.7 Å². The van der Waals surface area contributed by atoms with Gasteiger partial charge in [0.05, 0.1) is 0 Å². The summed E-state index contributed by atoms with van der Waals surface area (Å²) in [5.74, 6) is 0.290. The van der Waals surface area contributed by atoms with E-state index in [1.165, 1.54) is 0 Å². The molecular formula is C24H22BrNO3. The van der Waals surface area contributed by atoms with Crippen LogP contribution in [0.15, 0.2) is 83.3 Å².